The van der Waals surface area contributed by atoms with Gasteiger partial charge in [-0.25, -0.2) is 0 Å². The summed E-state index contributed by atoms with van der Waals surface area (Å²) in [5, 5.41) is 34.3. The van der Waals surface area contributed by atoms with E-state index in [1.54, 1.807) is 0 Å². The van der Waals surface area contributed by atoms with E-state index in [4.69, 9.17) is 4.74 Å². The SMILES string of the molecule is CNC(C)C(O)COC1CCC2CN(C[C@@H](O)CNC(=O)C3CCNC(NC4CC5(CC5)C4)C3)CCC2C1. The summed E-state index contributed by atoms with van der Waals surface area (Å²) in [6.07, 6.45) is 11.0. The minimum Gasteiger partial charge on any atom is -0.390 e. The van der Waals surface area contributed by atoms with Crippen LogP contribution in [0.1, 0.15) is 71.1 Å². The predicted molar refractivity (Wildman–Crippen MR) is 148 cm³/mol. The van der Waals surface area contributed by atoms with Gasteiger partial charge in [0.25, 0.3) is 0 Å². The maximum atomic E-state index is 12.9. The molecule has 0 aromatic carbocycles. The van der Waals surface area contributed by atoms with E-state index in [9.17, 15) is 15.0 Å². The molecule has 5 rings (SSSR count). The van der Waals surface area contributed by atoms with E-state index < -0.39 is 12.2 Å². The van der Waals surface area contributed by atoms with Crippen molar-refractivity contribution in [2.24, 2.45) is 23.2 Å². The van der Waals surface area contributed by atoms with Gasteiger partial charge in [0.1, 0.15) is 0 Å². The van der Waals surface area contributed by atoms with Crippen molar-refractivity contribution < 1.29 is 19.7 Å². The Bertz CT molecular complexity index is 774. The van der Waals surface area contributed by atoms with Crippen LogP contribution in [0, 0.1) is 23.2 Å². The van der Waals surface area contributed by atoms with Gasteiger partial charge >= 0.3 is 0 Å². The van der Waals surface area contributed by atoms with E-state index in [1.807, 2.05) is 14.0 Å². The second-order valence-corrected chi connectivity index (χ2v) is 13.4. The number of carbonyl (C=O) groups excluding carboxylic acids is 1. The zero-order valence-electron chi connectivity index (χ0n) is 23.7. The first-order valence-corrected chi connectivity index (χ1v) is 15.5. The highest BCUT2D eigenvalue weighted by molar-refractivity contribution is 5.78. The molecule has 3 aliphatic carbocycles. The van der Waals surface area contributed by atoms with Crippen LogP contribution in [0.25, 0.3) is 0 Å². The third-order valence-corrected chi connectivity index (χ3v) is 10.4. The van der Waals surface area contributed by atoms with Crippen molar-refractivity contribution in [3.05, 3.63) is 0 Å². The van der Waals surface area contributed by atoms with Gasteiger partial charge in [-0.05, 0) is 109 Å². The largest absolute Gasteiger partial charge is 0.390 e. The summed E-state index contributed by atoms with van der Waals surface area (Å²) < 4.78 is 6.07. The number of aliphatic hydroxyl groups excluding tert-OH is 2. The molecule has 2 aliphatic heterocycles. The Balaban J connectivity index is 0.958. The smallest absolute Gasteiger partial charge is 0.223 e. The fourth-order valence-corrected chi connectivity index (χ4v) is 7.52. The Hall–Kier alpha value is -0.810. The number of β-amino-alcohol motifs (C(OH)–C–C–N with tert-alkyl or cyclic N) is 1. The molecule has 2 heterocycles. The Labute approximate surface area is 229 Å². The number of nitrogens with one attached hydrogen (secondary N) is 4. The highest BCUT2D eigenvalue weighted by atomic mass is 16.5. The molecule has 1 spiro atoms. The Morgan fingerprint density at radius 2 is 1.95 bits per heavy atom. The molecular formula is C29H53N5O4. The first-order chi connectivity index (χ1) is 18.3. The number of aliphatic hydroxyl groups is 2. The van der Waals surface area contributed by atoms with E-state index in [2.05, 4.69) is 26.2 Å². The van der Waals surface area contributed by atoms with E-state index in [-0.39, 0.29) is 30.1 Å². The Morgan fingerprint density at radius 3 is 2.71 bits per heavy atom. The van der Waals surface area contributed by atoms with Gasteiger partial charge in [-0.3, -0.25) is 10.1 Å². The molecule has 2 saturated heterocycles. The topological polar surface area (TPSA) is 118 Å². The maximum absolute atomic E-state index is 12.9. The van der Waals surface area contributed by atoms with Gasteiger partial charge in [-0.1, -0.05) is 0 Å². The minimum absolute atomic E-state index is 0.0200. The summed E-state index contributed by atoms with van der Waals surface area (Å²) in [6.45, 7) is 6.20. The van der Waals surface area contributed by atoms with Gasteiger partial charge in [0.15, 0.2) is 0 Å². The lowest BCUT2D eigenvalue weighted by molar-refractivity contribution is -0.126. The molecule has 0 radical (unpaired) electrons. The van der Waals surface area contributed by atoms with Crippen LogP contribution in [0.5, 0.6) is 0 Å². The van der Waals surface area contributed by atoms with Crippen molar-refractivity contribution in [3.63, 3.8) is 0 Å². The first-order valence-electron chi connectivity index (χ1n) is 15.5. The van der Waals surface area contributed by atoms with Crippen LogP contribution in [-0.4, -0.2) is 104 Å². The zero-order chi connectivity index (χ0) is 26.7. The number of likely N-dealkylation sites (tertiary alicyclic amines) is 1. The minimum atomic E-state index is -0.536. The lowest BCUT2D eigenvalue weighted by Gasteiger charge is -2.44. The number of fused-ring (bicyclic) bond motifs is 1. The normalized spacial score (nSPS) is 35.6. The summed E-state index contributed by atoms with van der Waals surface area (Å²) in [6, 6.07) is 0.650. The highest BCUT2D eigenvalue weighted by Crippen LogP contribution is 2.60. The molecule has 5 aliphatic rings. The molecule has 8 atom stereocenters. The van der Waals surface area contributed by atoms with Crippen LogP contribution in [-0.2, 0) is 9.53 Å². The molecule has 218 valence electrons. The number of hydrogen-bond acceptors (Lipinski definition) is 8. The number of nitrogens with zero attached hydrogens (tertiary/aromatic N) is 1. The van der Waals surface area contributed by atoms with E-state index in [0.29, 0.717) is 43.0 Å². The molecule has 7 unspecified atom stereocenters. The van der Waals surface area contributed by atoms with Crippen molar-refractivity contribution in [1.29, 1.82) is 0 Å². The molecule has 5 fully saturated rings. The van der Waals surface area contributed by atoms with Crippen LogP contribution in [0.2, 0.25) is 0 Å². The monoisotopic (exact) mass is 535 g/mol. The quantitative estimate of drug-likeness (QED) is 0.217. The van der Waals surface area contributed by atoms with E-state index >= 15 is 0 Å². The third kappa shape index (κ3) is 7.47. The molecule has 9 heteroatoms. The van der Waals surface area contributed by atoms with Crippen molar-refractivity contribution in [3.8, 4) is 0 Å². The maximum Gasteiger partial charge on any atom is 0.223 e. The molecule has 0 aromatic rings. The molecule has 1 amide bonds. The number of piperidine rings is 2. The zero-order valence-corrected chi connectivity index (χ0v) is 23.7. The predicted octanol–water partition coefficient (Wildman–Crippen LogP) is 0.797. The number of amides is 1. The third-order valence-electron chi connectivity index (χ3n) is 10.4. The first kappa shape index (κ1) is 28.7. The molecule has 3 saturated carbocycles. The molecule has 0 bridgehead atoms. The lowest BCUT2D eigenvalue weighted by Crippen LogP contribution is -2.56. The van der Waals surface area contributed by atoms with Crippen molar-refractivity contribution in [2.75, 3.05) is 46.4 Å². The van der Waals surface area contributed by atoms with Crippen LogP contribution in [0.3, 0.4) is 0 Å². The van der Waals surface area contributed by atoms with Gasteiger partial charge in [0.05, 0.1) is 31.1 Å². The van der Waals surface area contributed by atoms with E-state index in [0.717, 1.165) is 58.2 Å². The van der Waals surface area contributed by atoms with Crippen molar-refractivity contribution in [1.82, 2.24) is 26.2 Å². The van der Waals surface area contributed by atoms with E-state index in [1.165, 1.54) is 25.7 Å². The number of rotatable bonds is 12. The van der Waals surface area contributed by atoms with Gasteiger partial charge in [0, 0.05) is 37.6 Å². The second kappa shape index (κ2) is 12.8. The Morgan fingerprint density at radius 1 is 1.13 bits per heavy atom. The number of ether oxygens (including phenoxy) is 1. The van der Waals surface area contributed by atoms with Gasteiger partial charge in [-0.15, -0.1) is 0 Å². The van der Waals surface area contributed by atoms with Gasteiger partial charge in [-0.2, -0.15) is 0 Å². The summed E-state index contributed by atoms with van der Waals surface area (Å²) in [5.74, 6) is 1.43. The molecule has 6 N–H and O–H groups in total. The number of hydrogen-bond donors (Lipinski definition) is 6. The second-order valence-electron chi connectivity index (χ2n) is 13.4. The molecular weight excluding hydrogens is 482 g/mol. The highest BCUT2D eigenvalue weighted by Gasteiger charge is 2.53. The van der Waals surface area contributed by atoms with Crippen molar-refractivity contribution >= 4 is 5.91 Å². The average molecular weight is 536 g/mol. The van der Waals surface area contributed by atoms with Gasteiger partial charge < -0.3 is 35.8 Å². The summed E-state index contributed by atoms with van der Waals surface area (Å²) in [5.41, 5.74) is 0.692. The fourth-order valence-electron chi connectivity index (χ4n) is 7.52. The standard InChI is InChI=1S/C29H53N5O4/c1-19(30-2)26(36)18-38-25-4-3-22-16-34(10-6-20(22)11-25)17-24(35)15-32-28(37)21-5-9-31-27(12-21)33-23-13-29(14-23)7-8-29/h19-27,30-31,33,35-36H,3-18H2,1-2H3,(H,32,37)/t19?,20?,21?,22?,24-,25?,26?,27?/m0/s1. The van der Waals surface area contributed by atoms with Crippen LogP contribution in [0.4, 0.5) is 0 Å². The molecule has 38 heavy (non-hydrogen) atoms. The molecule has 0 aromatic heterocycles. The van der Waals surface area contributed by atoms with Gasteiger partial charge in [0.2, 0.25) is 5.91 Å². The molecule has 9 nitrogen and oxygen atoms in total. The summed E-state index contributed by atoms with van der Waals surface area (Å²) >= 11 is 0. The average Bonchev–Trinajstić information content (AvgIpc) is 3.71. The van der Waals surface area contributed by atoms with Crippen LogP contribution in [0.15, 0.2) is 0 Å². The number of likely N-dealkylation sites (N-methyl/N-ethyl adjacent to an activating group) is 1. The lowest BCUT2D eigenvalue weighted by atomic mass is 9.74. The van der Waals surface area contributed by atoms with Crippen LogP contribution < -0.4 is 21.3 Å². The fraction of sp³-hybridized carbons (Fsp3) is 0.966. The van der Waals surface area contributed by atoms with Crippen molar-refractivity contribution in [2.45, 2.75) is 108 Å². The Kier molecular flexibility index (Phi) is 9.66. The number of carbonyl (C=O) groups is 1. The summed E-state index contributed by atoms with van der Waals surface area (Å²) in [4.78, 5) is 15.3. The van der Waals surface area contributed by atoms with Crippen LogP contribution >= 0.6 is 0 Å². The summed E-state index contributed by atoms with van der Waals surface area (Å²) in [7, 11) is 1.86.